The fourth-order valence-electron chi connectivity index (χ4n) is 5.53. The lowest BCUT2D eigenvalue weighted by Gasteiger charge is -2.48. The fraction of sp³-hybridized carbons (Fsp3) is 0.640. The van der Waals surface area contributed by atoms with Gasteiger partial charge in [-0.3, -0.25) is 14.8 Å². The second-order valence-corrected chi connectivity index (χ2v) is 9.80. The Bertz CT molecular complexity index is 964. The molecule has 186 valence electrons. The number of aryl methyl sites for hydroxylation is 1. The molecule has 6 nitrogen and oxygen atoms in total. The molecule has 5 unspecified atom stereocenters. The summed E-state index contributed by atoms with van der Waals surface area (Å²) in [6, 6.07) is 3.20. The Hall–Kier alpha value is -2.26. The molecule has 4 rings (SSSR count). The first-order valence-electron chi connectivity index (χ1n) is 11.9. The molecule has 6 atom stereocenters. The molecule has 34 heavy (non-hydrogen) atoms. The second-order valence-electron chi connectivity index (χ2n) is 9.80. The van der Waals surface area contributed by atoms with Crippen molar-refractivity contribution in [2.24, 2.45) is 16.8 Å². The van der Waals surface area contributed by atoms with Gasteiger partial charge in [0.15, 0.2) is 0 Å². The third-order valence-corrected chi connectivity index (χ3v) is 7.47. The molecule has 0 spiro atoms. The second kappa shape index (κ2) is 9.77. The number of aromatic nitrogens is 1. The number of carbonyl (C=O) groups excluding carboxylic acids is 1. The molecule has 1 N–H and O–H groups in total. The van der Waals surface area contributed by atoms with Gasteiger partial charge in [-0.25, -0.2) is 0 Å². The van der Waals surface area contributed by atoms with Crippen LogP contribution in [-0.2, 0) is 9.53 Å². The van der Waals surface area contributed by atoms with E-state index in [1.54, 1.807) is 20.2 Å². The minimum absolute atomic E-state index is 0.0102. The van der Waals surface area contributed by atoms with Gasteiger partial charge in [0.25, 0.3) is 0 Å². The first kappa shape index (κ1) is 24.9. The van der Waals surface area contributed by atoms with Crippen LogP contribution in [0.1, 0.15) is 56.4 Å². The lowest BCUT2D eigenvalue weighted by atomic mass is 9.73. The van der Waals surface area contributed by atoms with E-state index in [0.717, 1.165) is 24.1 Å². The van der Waals surface area contributed by atoms with Crippen LogP contribution in [-0.4, -0.2) is 59.6 Å². The van der Waals surface area contributed by atoms with E-state index < -0.39 is 24.6 Å². The van der Waals surface area contributed by atoms with E-state index in [2.05, 4.69) is 16.9 Å². The van der Waals surface area contributed by atoms with Gasteiger partial charge in [-0.05, 0) is 63.1 Å². The van der Waals surface area contributed by atoms with Crippen molar-refractivity contribution < 1.29 is 22.7 Å². The Labute approximate surface area is 198 Å². The maximum atomic E-state index is 13.2. The minimum Gasteiger partial charge on any atom is -0.374 e. The van der Waals surface area contributed by atoms with Gasteiger partial charge in [0.1, 0.15) is 5.84 Å². The van der Waals surface area contributed by atoms with Crippen LogP contribution in [0.3, 0.4) is 0 Å². The molecule has 0 bridgehead atoms. The summed E-state index contributed by atoms with van der Waals surface area (Å²) in [6.45, 7) is 8.34. The number of hydrogen-bond acceptors (Lipinski definition) is 5. The maximum absolute atomic E-state index is 13.2. The zero-order chi connectivity index (χ0) is 24.6. The number of halogens is 3. The highest BCUT2D eigenvalue weighted by Gasteiger charge is 2.48. The Morgan fingerprint density at radius 2 is 2.09 bits per heavy atom. The van der Waals surface area contributed by atoms with E-state index >= 15 is 0 Å². The van der Waals surface area contributed by atoms with Gasteiger partial charge in [0, 0.05) is 44.0 Å². The molecule has 3 aliphatic heterocycles. The summed E-state index contributed by atoms with van der Waals surface area (Å²) >= 11 is 0. The number of rotatable bonds is 5. The van der Waals surface area contributed by atoms with Crippen LogP contribution in [0.15, 0.2) is 35.5 Å². The molecule has 1 aromatic rings. The number of carbonyl (C=O) groups is 1. The Kier molecular flexibility index (Phi) is 7.14. The highest BCUT2D eigenvalue weighted by Crippen LogP contribution is 2.40. The van der Waals surface area contributed by atoms with Crippen molar-refractivity contribution in [1.29, 1.82) is 0 Å². The number of nitrogens with zero attached hydrogens (tertiary/aromatic N) is 3. The first-order chi connectivity index (χ1) is 16.0. The molecular formula is C25H33F3N4O2. The average Bonchev–Trinajstić information content (AvgIpc) is 2.80. The SMILES string of the molecule is C=C(CCC(F)(F)F)C1NC(C2CCO[C@@H](c3ccnc(C)c3)C2)CC2N=C(C)N(C)C(=O)C21. The summed E-state index contributed by atoms with van der Waals surface area (Å²) < 4.78 is 44.8. The zero-order valence-electron chi connectivity index (χ0n) is 19.9. The Balaban J connectivity index is 1.56. The molecule has 0 aromatic carbocycles. The van der Waals surface area contributed by atoms with Crippen LogP contribution in [0.4, 0.5) is 13.2 Å². The number of amides is 1. The van der Waals surface area contributed by atoms with Gasteiger partial charge < -0.3 is 15.0 Å². The van der Waals surface area contributed by atoms with Crippen LogP contribution >= 0.6 is 0 Å². The van der Waals surface area contributed by atoms with Crippen LogP contribution in [0.2, 0.25) is 0 Å². The summed E-state index contributed by atoms with van der Waals surface area (Å²) in [5.41, 5.74) is 2.43. The largest absolute Gasteiger partial charge is 0.389 e. The number of fused-ring (bicyclic) bond motifs is 1. The van der Waals surface area contributed by atoms with E-state index in [1.165, 1.54) is 4.90 Å². The molecule has 4 heterocycles. The van der Waals surface area contributed by atoms with Crippen LogP contribution < -0.4 is 5.32 Å². The molecule has 0 radical (unpaired) electrons. The van der Waals surface area contributed by atoms with E-state index in [9.17, 15) is 18.0 Å². The van der Waals surface area contributed by atoms with Crippen molar-refractivity contribution in [3.63, 3.8) is 0 Å². The summed E-state index contributed by atoms with van der Waals surface area (Å²) in [5, 5.41) is 3.56. The molecule has 1 amide bonds. The predicted octanol–water partition coefficient (Wildman–Crippen LogP) is 4.36. The standard InChI is InChI=1S/C25H33F3N4O2/c1-14(5-8-25(26,27)28)23-22-20(30-16(3)32(4)24(22)33)13-19(31-23)17-7-10-34-21(12-17)18-6-9-29-15(2)11-18/h6,9,11,17,19-23,31H,1,5,7-8,10,12-13H2,2-4H3/t17?,19?,20?,21-,22?,23?/m1/s1. The van der Waals surface area contributed by atoms with Crippen LogP contribution in [0, 0.1) is 18.8 Å². The smallest absolute Gasteiger partial charge is 0.374 e. The van der Waals surface area contributed by atoms with Gasteiger partial charge in [-0.15, -0.1) is 0 Å². The monoisotopic (exact) mass is 478 g/mol. The summed E-state index contributed by atoms with van der Waals surface area (Å²) in [5.74, 6) is 0.239. The Morgan fingerprint density at radius 3 is 2.79 bits per heavy atom. The minimum atomic E-state index is -4.27. The lowest BCUT2D eigenvalue weighted by molar-refractivity contribution is -0.135. The summed E-state index contributed by atoms with van der Waals surface area (Å²) in [4.78, 5) is 23.7. The number of amidine groups is 1. The normalized spacial score (nSPS) is 32.2. The third kappa shape index (κ3) is 5.35. The first-order valence-corrected chi connectivity index (χ1v) is 11.9. The predicted molar refractivity (Wildman–Crippen MR) is 123 cm³/mol. The Morgan fingerprint density at radius 1 is 1.32 bits per heavy atom. The number of aliphatic imine (C=N–C) groups is 1. The van der Waals surface area contributed by atoms with Crippen molar-refractivity contribution in [2.75, 3.05) is 13.7 Å². The van der Waals surface area contributed by atoms with E-state index in [4.69, 9.17) is 9.73 Å². The van der Waals surface area contributed by atoms with Gasteiger partial charge in [0.2, 0.25) is 5.91 Å². The number of alkyl halides is 3. The third-order valence-electron chi connectivity index (χ3n) is 7.47. The topological polar surface area (TPSA) is 66.8 Å². The van der Waals surface area contributed by atoms with Crippen molar-refractivity contribution in [3.8, 4) is 0 Å². The molecular weight excluding hydrogens is 445 g/mol. The molecule has 1 aromatic heterocycles. The lowest BCUT2D eigenvalue weighted by Crippen LogP contribution is -2.63. The van der Waals surface area contributed by atoms with Crippen molar-refractivity contribution in [1.82, 2.24) is 15.2 Å². The van der Waals surface area contributed by atoms with E-state index in [1.807, 2.05) is 19.1 Å². The molecule has 0 saturated carbocycles. The van der Waals surface area contributed by atoms with Crippen molar-refractivity contribution >= 4 is 11.7 Å². The quantitative estimate of drug-likeness (QED) is 0.639. The van der Waals surface area contributed by atoms with Gasteiger partial charge >= 0.3 is 6.18 Å². The number of ether oxygens (including phenoxy) is 1. The fourth-order valence-corrected chi connectivity index (χ4v) is 5.53. The van der Waals surface area contributed by atoms with Gasteiger partial charge in [0.05, 0.1) is 18.1 Å². The van der Waals surface area contributed by atoms with Crippen molar-refractivity contribution in [3.05, 3.63) is 41.7 Å². The number of piperidine rings is 1. The molecule has 2 fully saturated rings. The maximum Gasteiger partial charge on any atom is 0.389 e. The zero-order valence-corrected chi connectivity index (χ0v) is 19.9. The van der Waals surface area contributed by atoms with Gasteiger partial charge in [-0.1, -0.05) is 12.2 Å². The molecule has 9 heteroatoms. The molecule has 2 saturated heterocycles. The molecule has 0 aliphatic carbocycles. The summed E-state index contributed by atoms with van der Waals surface area (Å²) in [7, 11) is 1.67. The van der Waals surface area contributed by atoms with E-state index in [0.29, 0.717) is 24.4 Å². The van der Waals surface area contributed by atoms with Crippen LogP contribution in [0.5, 0.6) is 0 Å². The highest BCUT2D eigenvalue weighted by molar-refractivity contribution is 6.00. The number of nitrogens with one attached hydrogen (secondary N) is 1. The average molecular weight is 479 g/mol. The summed E-state index contributed by atoms with van der Waals surface area (Å²) in [6.07, 6.45) is -1.40. The van der Waals surface area contributed by atoms with Gasteiger partial charge in [-0.2, -0.15) is 13.2 Å². The number of hydrogen-bond donors (Lipinski definition) is 1. The van der Waals surface area contributed by atoms with E-state index in [-0.39, 0.29) is 36.4 Å². The number of pyridine rings is 1. The van der Waals surface area contributed by atoms with Crippen molar-refractivity contribution in [2.45, 2.75) is 76.4 Å². The molecule has 3 aliphatic rings. The van der Waals surface area contributed by atoms with Crippen LogP contribution in [0.25, 0.3) is 0 Å². The highest BCUT2D eigenvalue weighted by atomic mass is 19.4.